The summed E-state index contributed by atoms with van der Waals surface area (Å²) in [7, 11) is 0. The highest BCUT2D eigenvalue weighted by molar-refractivity contribution is 5.98. The molecular formula is C27H35N3O3. The van der Waals surface area contributed by atoms with Crippen molar-refractivity contribution >= 4 is 17.7 Å². The van der Waals surface area contributed by atoms with Gasteiger partial charge in [-0.15, -0.1) is 0 Å². The van der Waals surface area contributed by atoms with Crippen LogP contribution in [0.1, 0.15) is 65.0 Å². The van der Waals surface area contributed by atoms with E-state index in [0.29, 0.717) is 37.1 Å². The number of benzene rings is 2. The van der Waals surface area contributed by atoms with E-state index in [9.17, 15) is 14.4 Å². The predicted octanol–water partition coefficient (Wildman–Crippen LogP) is 3.87. The van der Waals surface area contributed by atoms with Crippen LogP contribution in [-0.4, -0.2) is 47.8 Å². The van der Waals surface area contributed by atoms with Gasteiger partial charge in [-0.25, -0.2) is 0 Å². The molecule has 0 spiro atoms. The summed E-state index contributed by atoms with van der Waals surface area (Å²) < 4.78 is 0. The third-order valence-corrected chi connectivity index (χ3v) is 6.45. The first-order valence-corrected chi connectivity index (χ1v) is 11.8. The lowest BCUT2D eigenvalue weighted by Gasteiger charge is -2.36. The Balaban J connectivity index is 1.70. The first kappa shape index (κ1) is 24.5. The number of carbonyl (C=O) groups is 3. The van der Waals surface area contributed by atoms with E-state index >= 15 is 0 Å². The number of hydrogen-bond donors (Lipinski definition) is 2. The smallest absolute Gasteiger partial charge is 0.253 e. The highest BCUT2D eigenvalue weighted by atomic mass is 16.2. The number of hydrogen-bond acceptors (Lipinski definition) is 3. The van der Waals surface area contributed by atoms with E-state index in [4.69, 9.17) is 0 Å². The van der Waals surface area contributed by atoms with Gasteiger partial charge < -0.3 is 15.5 Å². The first-order valence-electron chi connectivity index (χ1n) is 11.8. The van der Waals surface area contributed by atoms with Crippen molar-refractivity contribution in [2.24, 2.45) is 5.92 Å². The number of piperidine rings is 1. The van der Waals surface area contributed by atoms with Gasteiger partial charge in [0.15, 0.2) is 0 Å². The molecule has 0 radical (unpaired) electrons. The third kappa shape index (κ3) is 6.44. The maximum absolute atomic E-state index is 13.1. The van der Waals surface area contributed by atoms with Crippen LogP contribution in [0, 0.1) is 19.8 Å². The van der Waals surface area contributed by atoms with Gasteiger partial charge >= 0.3 is 0 Å². The lowest BCUT2D eigenvalue weighted by molar-refractivity contribution is -0.125. The summed E-state index contributed by atoms with van der Waals surface area (Å²) in [6.07, 6.45) is 2.13. The van der Waals surface area contributed by atoms with Crippen LogP contribution in [0.4, 0.5) is 0 Å². The molecule has 0 aliphatic carbocycles. The van der Waals surface area contributed by atoms with E-state index in [2.05, 4.69) is 10.6 Å². The third-order valence-electron chi connectivity index (χ3n) is 6.45. The number of amides is 3. The summed E-state index contributed by atoms with van der Waals surface area (Å²) >= 11 is 0. The van der Waals surface area contributed by atoms with Gasteiger partial charge in [0, 0.05) is 30.3 Å². The van der Waals surface area contributed by atoms with Crippen molar-refractivity contribution in [2.75, 3.05) is 13.1 Å². The van der Waals surface area contributed by atoms with Gasteiger partial charge in [0.1, 0.15) is 6.04 Å². The van der Waals surface area contributed by atoms with Crippen molar-refractivity contribution in [3.63, 3.8) is 0 Å². The van der Waals surface area contributed by atoms with Crippen molar-refractivity contribution in [3.05, 3.63) is 70.8 Å². The number of carbonyl (C=O) groups excluding carboxylic acids is 3. The van der Waals surface area contributed by atoms with Gasteiger partial charge in [-0.1, -0.05) is 42.3 Å². The SMILES string of the molecule is CC[C@@H](C)NC(=O)[C@H](NC(=O)c1cccc(C)c1)C1CCN(C(=O)c2ccc(C)cc2)CC1. The molecule has 6 heteroatoms. The number of rotatable bonds is 7. The van der Waals surface area contributed by atoms with Crippen LogP contribution >= 0.6 is 0 Å². The van der Waals surface area contributed by atoms with Gasteiger partial charge in [0.2, 0.25) is 5.91 Å². The van der Waals surface area contributed by atoms with Crippen molar-refractivity contribution in [2.45, 2.75) is 59.0 Å². The minimum Gasteiger partial charge on any atom is -0.352 e. The van der Waals surface area contributed by atoms with E-state index in [1.54, 1.807) is 6.07 Å². The molecule has 33 heavy (non-hydrogen) atoms. The lowest BCUT2D eigenvalue weighted by Crippen LogP contribution is -2.55. The molecule has 2 atom stereocenters. The van der Waals surface area contributed by atoms with Crippen LogP contribution in [0.25, 0.3) is 0 Å². The van der Waals surface area contributed by atoms with Crippen molar-refractivity contribution in [1.29, 1.82) is 0 Å². The minimum absolute atomic E-state index is 0.0119. The molecule has 0 bridgehead atoms. The zero-order valence-electron chi connectivity index (χ0n) is 20.1. The van der Waals surface area contributed by atoms with E-state index in [1.807, 2.05) is 75.1 Å². The Labute approximate surface area is 196 Å². The Hall–Kier alpha value is -3.15. The molecule has 1 saturated heterocycles. The van der Waals surface area contributed by atoms with Crippen molar-refractivity contribution < 1.29 is 14.4 Å². The molecule has 1 aliphatic heterocycles. The molecular weight excluding hydrogens is 414 g/mol. The van der Waals surface area contributed by atoms with Gasteiger partial charge in [0.25, 0.3) is 11.8 Å². The van der Waals surface area contributed by atoms with Gasteiger partial charge in [-0.2, -0.15) is 0 Å². The zero-order chi connectivity index (χ0) is 24.0. The molecule has 3 amide bonds. The molecule has 2 aromatic rings. The van der Waals surface area contributed by atoms with Gasteiger partial charge in [-0.05, 0) is 70.2 Å². The number of likely N-dealkylation sites (tertiary alicyclic amines) is 1. The quantitative estimate of drug-likeness (QED) is 0.674. The van der Waals surface area contributed by atoms with E-state index in [0.717, 1.165) is 17.5 Å². The van der Waals surface area contributed by atoms with E-state index in [1.165, 1.54) is 0 Å². The second kappa shape index (κ2) is 11.1. The summed E-state index contributed by atoms with van der Waals surface area (Å²) in [5, 5.41) is 6.01. The highest BCUT2D eigenvalue weighted by Crippen LogP contribution is 2.23. The molecule has 0 saturated carbocycles. The maximum Gasteiger partial charge on any atom is 0.253 e. The number of aryl methyl sites for hydroxylation is 2. The fourth-order valence-electron chi connectivity index (χ4n) is 4.16. The Morgan fingerprint density at radius 3 is 2.21 bits per heavy atom. The summed E-state index contributed by atoms with van der Waals surface area (Å²) in [6, 6.07) is 14.3. The van der Waals surface area contributed by atoms with E-state index in [-0.39, 0.29) is 29.7 Å². The Morgan fingerprint density at radius 2 is 1.61 bits per heavy atom. The molecule has 6 nitrogen and oxygen atoms in total. The summed E-state index contributed by atoms with van der Waals surface area (Å²) in [4.78, 5) is 40.8. The van der Waals surface area contributed by atoms with Crippen molar-refractivity contribution in [3.8, 4) is 0 Å². The molecule has 3 rings (SSSR count). The lowest BCUT2D eigenvalue weighted by atomic mass is 9.88. The predicted molar refractivity (Wildman–Crippen MR) is 130 cm³/mol. The zero-order valence-corrected chi connectivity index (χ0v) is 20.1. The fourth-order valence-corrected chi connectivity index (χ4v) is 4.16. The maximum atomic E-state index is 13.1. The average molecular weight is 450 g/mol. The molecule has 1 fully saturated rings. The number of nitrogens with zero attached hydrogens (tertiary/aromatic N) is 1. The second-order valence-corrected chi connectivity index (χ2v) is 9.13. The molecule has 1 aliphatic rings. The molecule has 2 aromatic carbocycles. The standard InChI is InChI=1S/C27H35N3O3/c1-5-20(4)28-26(32)24(29-25(31)23-8-6-7-19(3)17-23)21-13-15-30(16-14-21)27(33)22-11-9-18(2)10-12-22/h6-12,17,20-21,24H,5,13-16H2,1-4H3,(H,28,32)(H,29,31)/t20-,24-/m1/s1. The van der Waals surface area contributed by atoms with Crippen LogP contribution in [0.3, 0.4) is 0 Å². The molecule has 176 valence electrons. The summed E-state index contributed by atoms with van der Waals surface area (Å²) in [5.74, 6) is -0.433. The van der Waals surface area contributed by atoms with Crippen molar-refractivity contribution in [1.82, 2.24) is 15.5 Å². The Kier molecular flexibility index (Phi) is 8.26. The monoisotopic (exact) mass is 449 g/mol. The molecule has 0 unspecified atom stereocenters. The molecule has 2 N–H and O–H groups in total. The second-order valence-electron chi connectivity index (χ2n) is 9.13. The first-order chi connectivity index (χ1) is 15.8. The molecule has 1 heterocycles. The van der Waals surface area contributed by atoms with Crippen LogP contribution in [0.5, 0.6) is 0 Å². The van der Waals surface area contributed by atoms with Crippen LogP contribution < -0.4 is 10.6 Å². The van der Waals surface area contributed by atoms with E-state index < -0.39 is 6.04 Å². The average Bonchev–Trinajstić information content (AvgIpc) is 2.82. The van der Waals surface area contributed by atoms with Crippen LogP contribution in [0.15, 0.2) is 48.5 Å². The Morgan fingerprint density at radius 1 is 0.939 bits per heavy atom. The number of nitrogens with one attached hydrogen (secondary N) is 2. The molecule has 0 aromatic heterocycles. The fraction of sp³-hybridized carbons (Fsp3) is 0.444. The largest absolute Gasteiger partial charge is 0.352 e. The Bertz CT molecular complexity index is 978. The van der Waals surface area contributed by atoms with Gasteiger partial charge in [0.05, 0.1) is 0 Å². The minimum atomic E-state index is -0.636. The van der Waals surface area contributed by atoms with Gasteiger partial charge in [-0.3, -0.25) is 14.4 Å². The normalized spacial score (nSPS) is 16.1. The summed E-state index contributed by atoms with van der Waals surface area (Å²) in [5.41, 5.74) is 3.33. The summed E-state index contributed by atoms with van der Waals surface area (Å²) in [6.45, 7) is 9.02. The van der Waals surface area contributed by atoms with Crippen LogP contribution in [-0.2, 0) is 4.79 Å². The topological polar surface area (TPSA) is 78.5 Å². The highest BCUT2D eigenvalue weighted by Gasteiger charge is 2.34. The van der Waals surface area contributed by atoms with Crippen LogP contribution in [0.2, 0.25) is 0 Å².